The molecule has 6 nitrogen and oxygen atoms in total. The third-order valence-electron chi connectivity index (χ3n) is 2.93. The number of H-pyrrole nitrogens is 1. The molecule has 0 bridgehead atoms. The predicted octanol–water partition coefficient (Wildman–Crippen LogP) is 0.611. The first kappa shape index (κ1) is 17.2. The Morgan fingerprint density at radius 1 is 1.38 bits per heavy atom. The van der Waals surface area contributed by atoms with Crippen LogP contribution < -0.4 is 10.9 Å². The third kappa shape index (κ3) is 5.18. The number of likely N-dealkylation sites (N-methyl/N-ethyl adjacent to an activating group) is 1. The molecule has 0 aromatic carbocycles. The van der Waals surface area contributed by atoms with Gasteiger partial charge in [-0.15, -0.1) is 0 Å². The van der Waals surface area contributed by atoms with E-state index in [1.807, 2.05) is 0 Å². The summed E-state index contributed by atoms with van der Waals surface area (Å²) in [5, 5.41) is 8.34. The maximum absolute atomic E-state index is 12.1. The van der Waals surface area contributed by atoms with E-state index in [0.29, 0.717) is 11.3 Å². The number of aromatic amines is 1. The smallest absolute Gasteiger partial charge is 0.351 e. The Balaban J connectivity index is 2.60. The Kier molecular flexibility index (Phi) is 5.47. The number of nitrogens with one attached hydrogen (secondary N) is 2. The van der Waals surface area contributed by atoms with E-state index < -0.39 is 24.2 Å². The first-order valence-electron chi connectivity index (χ1n) is 6.21. The Hall–Kier alpha value is -1.90. The van der Waals surface area contributed by atoms with E-state index in [0.717, 1.165) is 4.90 Å². The van der Waals surface area contributed by atoms with Crippen LogP contribution in [0, 0.1) is 13.8 Å². The second-order valence-corrected chi connectivity index (χ2v) is 4.75. The zero-order valence-electron chi connectivity index (χ0n) is 12.0. The minimum absolute atomic E-state index is 0.00562. The largest absolute Gasteiger partial charge is 0.401 e. The molecule has 1 heterocycles. The van der Waals surface area contributed by atoms with E-state index >= 15 is 0 Å². The minimum Gasteiger partial charge on any atom is -0.351 e. The molecule has 1 aromatic rings. The van der Waals surface area contributed by atoms with Crippen LogP contribution in [-0.2, 0) is 0 Å². The topological polar surface area (TPSA) is 78.1 Å². The van der Waals surface area contributed by atoms with Gasteiger partial charge in [-0.3, -0.25) is 14.5 Å². The SMILES string of the molecule is Cc1n[nH]c(=O)c(C(=O)NCCN(C)CC(F)(F)F)c1C. The van der Waals surface area contributed by atoms with E-state index in [-0.39, 0.29) is 18.7 Å². The Bertz CT molecular complexity index is 569. The van der Waals surface area contributed by atoms with Crippen LogP contribution in [0.4, 0.5) is 13.2 Å². The van der Waals surface area contributed by atoms with Crippen molar-refractivity contribution in [2.45, 2.75) is 20.0 Å². The monoisotopic (exact) mass is 306 g/mol. The van der Waals surface area contributed by atoms with E-state index in [2.05, 4.69) is 15.5 Å². The van der Waals surface area contributed by atoms with Crippen molar-refractivity contribution in [1.29, 1.82) is 0 Å². The molecule has 1 amide bonds. The van der Waals surface area contributed by atoms with Crippen LogP contribution in [0.3, 0.4) is 0 Å². The van der Waals surface area contributed by atoms with E-state index in [1.165, 1.54) is 7.05 Å². The van der Waals surface area contributed by atoms with Crippen molar-refractivity contribution >= 4 is 5.91 Å². The Morgan fingerprint density at radius 3 is 2.57 bits per heavy atom. The number of halogens is 3. The van der Waals surface area contributed by atoms with Crippen LogP contribution >= 0.6 is 0 Å². The lowest BCUT2D eigenvalue weighted by Gasteiger charge is -2.18. The summed E-state index contributed by atoms with van der Waals surface area (Å²) in [7, 11) is 1.30. The van der Waals surface area contributed by atoms with E-state index in [1.54, 1.807) is 13.8 Å². The second-order valence-electron chi connectivity index (χ2n) is 4.75. The molecule has 0 saturated heterocycles. The molecule has 0 atom stereocenters. The fourth-order valence-corrected chi connectivity index (χ4v) is 1.73. The molecule has 1 aromatic heterocycles. The third-order valence-corrected chi connectivity index (χ3v) is 2.93. The molecule has 0 radical (unpaired) electrons. The van der Waals surface area contributed by atoms with Crippen molar-refractivity contribution in [3.63, 3.8) is 0 Å². The Labute approximate surface area is 119 Å². The number of nitrogens with zero attached hydrogens (tertiary/aromatic N) is 2. The lowest BCUT2D eigenvalue weighted by atomic mass is 10.1. The number of aryl methyl sites for hydroxylation is 1. The molecule has 0 spiro atoms. The quantitative estimate of drug-likeness (QED) is 0.835. The van der Waals surface area contributed by atoms with Crippen molar-refractivity contribution in [3.05, 3.63) is 27.2 Å². The molecule has 0 aliphatic rings. The highest BCUT2D eigenvalue weighted by atomic mass is 19.4. The summed E-state index contributed by atoms with van der Waals surface area (Å²) in [5.41, 5.74) is 0.258. The molecular formula is C12H17F3N4O2. The summed E-state index contributed by atoms with van der Waals surface area (Å²) in [4.78, 5) is 24.5. The highest BCUT2D eigenvalue weighted by Crippen LogP contribution is 2.15. The number of rotatable bonds is 5. The first-order chi connectivity index (χ1) is 9.61. The van der Waals surface area contributed by atoms with Crippen molar-refractivity contribution < 1.29 is 18.0 Å². The summed E-state index contributed by atoms with van der Waals surface area (Å²) in [6.07, 6.45) is -4.28. The van der Waals surface area contributed by atoms with Crippen molar-refractivity contribution in [1.82, 2.24) is 20.4 Å². The molecule has 0 aliphatic heterocycles. The number of aromatic nitrogens is 2. The van der Waals surface area contributed by atoms with Gasteiger partial charge in [0.25, 0.3) is 11.5 Å². The van der Waals surface area contributed by atoms with Gasteiger partial charge in [-0.25, -0.2) is 5.10 Å². The van der Waals surface area contributed by atoms with Gasteiger partial charge < -0.3 is 5.32 Å². The molecule has 0 saturated carbocycles. The lowest BCUT2D eigenvalue weighted by Crippen LogP contribution is -2.39. The van der Waals surface area contributed by atoms with Crippen LogP contribution in [0.1, 0.15) is 21.6 Å². The number of hydrogen-bond acceptors (Lipinski definition) is 4. The fourth-order valence-electron chi connectivity index (χ4n) is 1.73. The van der Waals surface area contributed by atoms with Crippen LogP contribution in [0.15, 0.2) is 4.79 Å². The lowest BCUT2D eigenvalue weighted by molar-refractivity contribution is -0.142. The predicted molar refractivity (Wildman–Crippen MR) is 70.2 cm³/mol. The molecule has 0 aliphatic carbocycles. The van der Waals surface area contributed by atoms with Gasteiger partial charge in [0.2, 0.25) is 0 Å². The maximum Gasteiger partial charge on any atom is 0.401 e. The highest BCUT2D eigenvalue weighted by Gasteiger charge is 2.28. The molecule has 21 heavy (non-hydrogen) atoms. The summed E-state index contributed by atoms with van der Waals surface area (Å²) in [5.74, 6) is -0.625. The van der Waals surface area contributed by atoms with Crippen molar-refractivity contribution in [3.8, 4) is 0 Å². The van der Waals surface area contributed by atoms with Gasteiger partial charge in [0.1, 0.15) is 5.56 Å². The summed E-state index contributed by atoms with van der Waals surface area (Å²) in [6.45, 7) is 2.19. The Morgan fingerprint density at radius 2 is 2.00 bits per heavy atom. The van der Waals surface area contributed by atoms with Crippen LogP contribution in [0.25, 0.3) is 0 Å². The second kappa shape index (κ2) is 6.70. The van der Waals surface area contributed by atoms with Gasteiger partial charge >= 0.3 is 6.18 Å². The zero-order chi connectivity index (χ0) is 16.2. The van der Waals surface area contributed by atoms with Gasteiger partial charge in [-0.2, -0.15) is 18.3 Å². The van der Waals surface area contributed by atoms with Crippen LogP contribution in [0.5, 0.6) is 0 Å². The van der Waals surface area contributed by atoms with Gasteiger partial charge in [0.15, 0.2) is 0 Å². The summed E-state index contributed by atoms with van der Waals surface area (Å²) >= 11 is 0. The van der Waals surface area contributed by atoms with Crippen LogP contribution in [-0.4, -0.2) is 53.9 Å². The van der Waals surface area contributed by atoms with Gasteiger partial charge in [-0.1, -0.05) is 0 Å². The molecule has 9 heteroatoms. The molecule has 1 rings (SSSR count). The molecule has 2 N–H and O–H groups in total. The van der Waals surface area contributed by atoms with Crippen molar-refractivity contribution in [2.24, 2.45) is 0 Å². The summed E-state index contributed by atoms with van der Waals surface area (Å²) < 4.78 is 36.4. The summed E-state index contributed by atoms with van der Waals surface area (Å²) in [6, 6.07) is 0. The fraction of sp³-hybridized carbons (Fsp3) is 0.583. The normalized spacial score (nSPS) is 11.8. The average Bonchev–Trinajstić information content (AvgIpc) is 2.32. The maximum atomic E-state index is 12.1. The zero-order valence-corrected chi connectivity index (χ0v) is 12.0. The molecule has 118 valence electrons. The number of amides is 1. The number of hydrogen-bond donors (Lipinski definition) is 2. The van der Waals surface area contributed by atoms with E-state index in [4.69, 9.17) is 0 Å². The number of carbonyl (C=O) groups excluding carboxylic acids is 1. The van der Waals surface area contributed by atoms with Gasteiger partial charge in [-0.05, 0) is 26.5 Å². The molecule has 0 unspecified atom stereocenters. The molecule has 0 fully saturated rings. The van der Waals surface area contributed by atoms with E-state index in [9.17, 15) is 22.8 Å². The average molecular weight is 306 g/mol. The highest BCUT2D eigenvalue weighted by molar-refractivity contribution is 5.95. The minimum atomic E-state index is -4.28. The number of carbonyl (C=O) groups is 1. The van der Waals surface area contributed by atoms with Crippen LogP contribution in [0.2, 0.25) is 0 Å². The standard InChI is InChI=1S/C12H17F3N4O2/c1-7-8(2)17-18-11(21)9(7)10(20)16-4-5-19(3)6-12(13,14)15/h4-6H2,1-3H3,(H,16,20)(H,18,21). The van der Waals surface area contributed by atoms with Gasteiger partial charge in [0.05, 0.1) is 12.2 Å². The van der Waals surface area contributed by atoms with Crippen molar-refractivity contribution in [2.75, 3.05) is 26.7 Å². The molecular weight excluding hydrogens is 289 g/mol. The van der Waals surface area contributed by atoms with Gasteiger partial charge in [0, 0.05) is 13.1 Å². The number of alkyl halides is 3. The first-order valence-corrected chi connectivity index (χ1v) is 6.21.